The smallest absolute Gasteiger partial charge is 0.319 e. The molecule has 1 aliphatic heterocycles. The highest BCUT2D eigenvalue weighted by Crippen LogP contribution is 2.13. The number of hydrogen-bond acceptors (Lipinski definition) is 5. The monoisotopic (exact) mass is 320 g/mol. The lowest BCUT2D eigenvalue weighted by Crippen LogP contribution is -2.40. The van der Waals surface area contributed by atoms with Gasteiger partial charge in [-0.05, 0) is 39.3 Å². The largest absolute Gasteiger partial charge is 0.347 e. The van der Waals surface area contributed by atoms with Crippen molar-refractivity contribution >= 4 is 17.7 Å². The number of urea groups is 1. The summed E-state index contributed by atoms with van der Waals surface area (Å²) in [7, 11) is 3.75. The molecular formula is C16H28N6O. The van der Waals surface area contributed by atoms with E-state index in [4.69, 9.17) is 0 Å². The van der Waals surface area contributed by atoms with Crippen LogP contribution in [0.5, 0.6) is 0 Å². The number of carbonyl (C=O) groups is 1. The third-order valence-corrected chi connectivity index (χ3v) is 4.16. The zero-order valence-electron chi connectivity index (χ0n) is 14.4. The summed E-state index contributed by atoms with van der Waals surface area (Å²) in [5.41, 5.74) is 0.595. The number of rotatable bonds is 6. The zero-order valence-corrected chi connectivity index (χ0v) is 14.4. The lowest BCUT2D eigenvalue weighted by atomic mass is 10.1. The average molecular weight is 320 g/mol. The van der Waals surface area contributed by atoms with Crippen LogP contribution < -0.4 is 15.5 Å². The zero-order chi connectivity index (χ0) is 16.7. The standard InChI is InChI=1S/C16H28N6O/c1-13(22-9-5-4-6-10-22)7-8-17-16(23)20-14-11-18-15(19-12-14)21(2)3/h11-13H,4-10H2,1-3H3,(H2,17,20,23). The predicted octanol–water partition coefficient (Wildman–Crippen LogP) is 1.93. The Kier molecular flexibility index (Phi) is 6.58. The summed E-state index contributed by atoms with van der Waals surface area (Å²) in [6.45, 7) is 5.27. The van der Waals surface area contributed by atoms with E-state index in [0.29, 0.717) is 24.2 Å². The molecule has 7 heteroatoms. The van der Waals surface area contributed by atoms with E-state index in [1.165, 1.54) is 32.4 Å². The van der Waals surface area contributed by atoms with Crippen LogP contribution in [-0.4, -0.2) is 60.7 Å². The van der Waals surface area contributed by atoms with E-state index in [1.807, 2.05) is 19.0 Å². The van der Waals surface area contributed by atoms with Crippen molar-refractivity contribution in [3.8, 4) is 0 Å². The predicted molar refractivity (Wildman–Crippen MR) is 92.9 cm³/mol. The molecule has 2 N–H and O–H groups in total. The van der Waals surface area contributed by atoms with Crippen molar-refractivity contribution in [1.82, 2.24) is 20.2 Å². The molecule has 2 heterocycles. The van der Waals surface area contributed by atoms with Gasteiger partial charge in [-0.3, -0.25) is 0 Å². The number of nitrogens with one attached hydrogen (secondary N) is 2. The molecule has 2 amide bonds. The number of aromatic nitrogens is 2. The Balaban J connectivity index is 1.68. The first kappa shape index (κ1) is 17.5. The summed E-state index contributed by atoms with van der Waals surface area (Å²) in [6.07, 6.45) is 8.11. The Morgan fingerprint density at radius 1 is 1.26 bits per heavy atom. The van der Waals surface area contributed by atoms with Gasteiger partial charge in [0.1, 0.15) is 0 Å². The Morgan fingerprint density at radius 3 is 2.52 bits per heavy atom. The number of amides is 2. The molecule has 23 heavy (non-hydrogen) atoms. The molecule has 7 nitrogen and oxygen atoms in total. The van der Waals surface area contributed by atoms with E-state index >= 15 is 0 Å². The highest BCUT2D eigenvalue weighted by atomic mass is 16.2. The molecule has 1 fully saturated rings. The van der Waals surface area contributed by atoms with E-state index in [0.717, 1.165) is 6.42 Å². The first-order valence-corrected chi connectivity index (χ1v) is 8.34. The van der Waals surface area contributed by atoms with Crippen LogP contribution in [0.25, 0.3) is 0 Å². The molecule has 1 saturated heterocycles. The number of nitrogens with zero attached hydrogens (tertiary/aromatic N) is 4. The number of likely N-dealkylation sites (tertiary alicyclic amines) is 1. The SMILES string of the molecule is CC(CCNC(=O)Nc1cnc(N(C)C)nc1)N1CCCCC1. The first-order valence-electron chi connectivity index (χ1n) is 8.34. The maximum Gasteiger partial charge on any atom is 0.319 e. The van der Waals surface area contributed by atoms with Crippen LogP contribution >= 0.6 is 0 Å². The van der Waals surface area contributed by atoms with Crippen molar-refractivity contribution < 1.29 is 4.79 Å². The van der Waals surface area contributed by atoms with Gasteiger partial charge < -0.3 is 20.4 Å². The fourth-order valence-electron chi connectivity index (χ4n) is 2.73. The fraction of sp³-hybridized carbons (Fsp3) is 0.688. The lowest BCUT2D eigenvalue weighted by molar-refractivity contribution is 0.166. The van der Waals surface area contributed by atoms with Crippen molar-refractivity contribution in [2.45, 2.75) is 38.6 Å². The van der Waals surface area contributed by atoms with Gasteiger partial charge >= 0.3 is 6.03 Å². The highest BCUT2D eigenvalue weighted by molar-refractivity contribution is 5.88. The third kappa shape index (κ3) is 5.67. The molecule has 0 aliphatic carbocycles. The number of anilines is 2. The fourth-order valence-corrected chi connectivity index (χ4v) is 2.73. The molecule has 0 bridgehead atoms. The maximum atomic E-state index is 11.9. The van der Waals surface area contributed by atoms with Gasteiger partial charge in [0, 0.05) is 26.7 Å². The van der Waals surface area contributed by atoms with Crippen molar-refractivity contribution in [2.24, 2.45) is 0 Å². The van der Waals surface area contributed by atoms with E-state index in [2.05, 4.69) is 32.4 Å². The molecule has 0 spiro atoms. The van der Waals surface area contributed by atoms with Gasteiger partial charge in [0.05, 0.1) is 18.1 Å². The summed E-state index contributed by atoms with van der Waals surface area (Å²) in [4.78, 5) is 24.5. The minimum Gasteiger partial charge on any atom is -0.347 e. The Labute approximate surface area is 138 Å². The van der Waals surface area contributed by atoms with Gasteiger partial charge in [-0.25, -0.2) is 14.8 Å². The number of carbonyl (C=O) groups excluding carboxylic acids is 1. The Morgan fingerprint density at radius 2 is 1.91 bits per heavy atom. The van der Waals surface area contributed by atoms with Crippen LogP contribution in [0.2, 0.25) is 0 Å². The van der Waals surface area contributed by atoms with Crippen LogP contribution in [0, 0.1) is 0 Å². The molecular weight excluding hydrogens is 292 g/mol. The van der Waals surface area contributed by atoms with E-state index in [9.17, 15) is 4.79 Å². The van der Waals surface area contributed by atoms with Gasteiger partial charge in [0.25, 0.3) is 0 Å². The second-order valence-electron chi connectivity index (χ2n) is 6.28. The second kappa shape index (κ2) is 8.67. The van der Waals surface area contributed by atoms with Crippen LogP contribution in [0.3, 0.4) is 0 Å². The van der Waals surface area contributed by atoms with Crippen LogP contribution in [0.4, 0.5) is 16.4 Å². The summed E-state index contributed by atoms with van der Waals surface area (Å²) < 4.78 is 0. The molecule has 128 valence electrons. The van der Waals surface area contributed by atoms with Gasteiger partial charge in [-0.15, -0.1) is 0 Å². The lowest BCUT2D eigenvalue weighted by Gasteiger charge is -2.32. The minimum atomic E-state index is -0.211. The van der Waals surface area contributed by atoms with Crippen LogP contribution in [0.1, 0.15) is 32.6 Å². The summed E-state index contributed by atoms with van der Waals surface area (Å²) in [5.74, 6) is 0.617. The van der Waals surface area contributed by atoms with E-state index in [-0.39, 0.29) is 6.03 Å². The Bertz CT molecular complexity index is 484. The van der Waals surface area contributed by atoms with Crippen LogP contribution in [-0.2, 0) is 0 Å². The molecule has 0 radical (unpaired) electrons. The van der Waals surface area contributed by atoms with Gasteiger partial charge in [0.2, 0.25) is 5.95 Å². The van der Waals surface area contributed by atoms with Crippen molar-refractivity contribution in [3.63, 3.8) is 0 Å². The van der Waals surface area contributed by atoms with Crippen molar-refractivity contribution in [1.29, 1.82) is 0 Å². The maximum absolute atomic E-state index is 11.9. The molecule has 1 aliphatic rings. The number of hydrogen-bond donors (Lipinski definition) is 2. The third-order valence-electron chi connectivity index (χ3n) is 4.16. The average Bonchev–Trinajstić information content (AvgIpc) is 2.56. The van der Waals surface area contributed by atoms with Crippen LogP contribution in [0.15, 0.2) is 12.4 Å². The normalized spacial score (nSPS) is 16.7. The number of piperidine rings is 1. The topological polar surface area (TPSA) is 73.4 Å². The Hall–Kier alpha value is -1.89. The molecule has 0 saturated carbocycles. The van der Waals surface area contributed by atoms with Crippen molar-refractivity contribution in [2.75, 3.05) is 43.9 Å². The van der Waals surface area contributed by atoms with Crippen molar-refractivity contribution in [3.05, 3.63) is 12.4 Å². The molecule has 1 unspecified atom stereocenters. The van der Waals surface area contributed by atoms with Gasteiger partial charge in [0.15, 0.2) is 0 Å². The van der Waals surface area contributed by atoms with E-state index < -0.39 is 0 Å². The molecule has 1 aromatic heterocycles. The molecule has 1 aromatic rings. The van der Waals surface area contributed by atoms with Gasteiger partial charge in [-0.2, -0.15) is 0 Å². The van der Waals surface area contributed by atoms with E-state index in [1.54, 1.807) is 12.4 Å². The first-order chi connectivity index (χ1) is 11.1. The highest BCUT2D eigenvalue weighted by Gasteiger charge is 2.16. The van der Waals surface area contributed by atoms with Gasteiger partial charge in [-0.1, -0.05) is 6.42 Å². The molecule has 1 atom stereocenters. The summed E-state index contributed by atoms with van der Waals surface area (Å²) >= 11 is 0. The summed E-state index contributed by atoms with van der Waals surface area (Å²) in [6, 6.07) is 0.301. The quantitative estimate of drug-likeness (QED) is 0.838. The molecule has 0 aromatic carbocycles. The molecule has 2 rings (SSSR count). The second-order valence-corrected chi connectivity index (χ2v) is 6.28. The minimum absolute atomic E-state index is 0.211. The summed E-state index contributed by atoms with van der Waals surface area (Å²) in [5, 5.41) is 5.65.